The molecule has 3 rings (SSSR count). The summed E-state index contributed by atoms with van der Waals surface area (Å²) >= 11 is 5.88. The highest BCUT2D eigenvalue weighted by atomic mass is 35.5. The van der Waals surface area contributed by atoms with E-state index < -0.39 is 17.1 Å². The third-order valence-electron chi connectivity index (χ3n) is 4.18. The highest BCUT2D eigenvalue weighted by molar-refractivity contribution is 6.30. The van der Waals surface area contributed by atoms with Crippen molar-refractivity contribution in [2.75, 3.05) is 0 Å². The molecule has 6 heteroatoms. The van der Waals surface area contributed by atoms with Crippen LogP contribution in [0.2, 0.25) is 5.02 Å². The van der Waals surface area contributed by atoms with Gasteiger partial charge in [0.1, 0.15) is 11.7 Å². The van der Waals surface area contributed by atoms with E-state index in [9.17, 15) is 14.9 Å². The number of rotatable bonds is 2. The van der Waals surface area contributed by atoms with Crippen molar-refractivity contribution in [3.63, 3.8) is 0 Å². The minimum Gasteiger partial charge on any atom is -0.433 e. The number of halogens is 1. The fourth-order valence-corrected chi connectivity index (χ4v) is 3.38. The minimum atomic E-state index is -1.25. The van der Waals surface area contributed by atoms with Crippen LogP contribution in [-0.2, 0) is 9.53 Å². The first-order valence-corrected chi connectivity index (χ1v) is 7.48. The Morgan fingerprint density at radius 2 is 1.91 bits per heavy atom. The lowest BCUT2D eigenvalue weighted by molar-refractivity contribution is -0.570. The maximum Gasteiger partial charge on any atom is 0.364 e. The van der Waals surface area contributed by atoms with Gasteiger partial charge >= 0.3 is 6.23 Å². The standard InChI is InChI=1S/C16H16ClNO4/c1-16(2)7-11(19)14-12(8-16)22-15(18(20)21)13(14)9-3-5-10(17)6-4-9/h3-6,13,15H,7-8H2,1-2H3/t13-,15+/m1/s1. The Labute approximate surface area is 133 Å². The van der Waals surface area contributed by atoms with Gasteiger partial charge in [0, 0.05) is 17.9 Å². The van der Waals surface area contributed by atoms with E-state index in [0.29, 0.717) is 34.8 Å². The van der Waals surface area contributed by atoms with E-state index in [1.807, 2.05) is 13.8 Å². The average Bonchev–Trinajstić information content (AvgIpc) is 2.77. The molecule has 0 unspecified atom stereocenters. The highest BCUT2D eigenvalue weighted by Crippen LogP contribution is 2.48. The number of carbonyl (C=O) groups is 1. The van der Waals surface area contributed by atoms with Crippen molar-refractivity contribution in [1.29, 1.82) is 0 Å². The van der Waals surface area contributed by atoms with Crippen LogP contribution in [0.4, 0.5) is 0 Å². The van der Waals surface area contributed by atoms with E-state index in [4.69, 9.17) is 16.3 Å². The van der Waals surface area contributed by atoms with Crippen LogP contribution < -0.4 is 0 Å². The molecule has 1 heterocycles. The van der Waals surface area contributed by atoms with Gasteiger partial charge in [-0.25, -0.2) is 0 Å². The van der Waals surface area contributed by atoms with Gasteiger partial charge in [0.05, 0.1) is 10.5 Å². The molecule has 22 heavy (non-hydrogen) atoms. The molecule has 5 nitrogen and oxygen atoms in total. The van der Waals surface area contributed by atoms with Crippen molar-refractivity contribution in [1.82, 2.24) is 0 Å². The summed E-state index contributed by atoms with van der Waals surface area (Å²) in [6, 6.07) is 6.78. The molecule has 0 bridgehead atoms. The Hall–Kier alpha value is -1.88. The Morgan fingerprint density at radius 1 is 1.27 bits per heavy atom. The predicted molar refractivity (Wildman–Crippen MR) is 81.1 cm³/mol. The van der Waals surface area contributed by atoms with Crippen LogP contribution in [0.15, 0.2) is 35.6 Å². The lowest BCUT2D eigenvalue weighted by atomic mass is 9.73. The Kier molecular flexibility index (Phi) is 3.48. The number of ether oxygens (including phenoxy) is 1. The van der Waals surface area contributed by atoms with Crippen LogP contribution >= 0.6 is 11.6 Å². The van der Waals surface area contributed by atoms with Crippen LogP contribution in [0, 0.1) is 15.5 Å². The molecular weight excluding hydrogens is 306 g/mol. The predicted octanol–water partition coefficient (Wildman–Crippen LogP) is 3.70. The van der Waals surface area contributed by atoms with E-state index in [0.717, 1.165) is 0 Å². The van der Waals surface area contributed by atoms with Gasteiger partial charge in [-0.15, -0.1) is 0 Å². The zero-order chi connectivity index (χ0) is 16.1. The largest absolute Gasteiger partial charge is 0.433 e. The molecule has 0 N–H and O–H groups in total. The van der Waals surface area contributed by atoms with Gasteiger partial charge in [0.25, 0.3) is 0 Å². The molecule has 0 saturated carbocycles. The Bertz CT molecular complexity index is 678. The molecule has 0 fully saturated rings. The SMILES string of the molecule is CC1(C)CC(=O)C2=C(C1)O[C@H]([N+](=O)[O-])[C@@H]2c1ccc(Cl)cc1. The minimum absolute atomic E-state index is 0.0597. The summed E-state index contributed by atoms with van der Waals surface area (Å²) in [5, 5.41) is 11.9. The van der Waals surface area contributed by atoms with Crippen molar-refractivity contribution < 1.29 is 14.5 Å². The fourth-order valence-electron chi connectivity index (χ4n) is 3.25. The first kappa shape index (κ1) is 15.0. The second kappa shape index (κ2) is 5.09. The summed E-state index contributed by atoms with van der Waals surface area (Å²) in [5.41, 5.74) is 0.916. The number of nitrogens with zero attached hydrogens (tertiary/aromatic N) is 1. The molecule has 0 radical (unpaired) electrons. The summed E-state index contributed by atoms with van der Waals surface area (Å²) in [7, 11) is 0. The van der Waals surface area contributed by atoms with E-state index >= 15 is 0 Å². The number of benzene rings is 1. The molecule has 0 aromatic heterocycles. The number of hydrogen-bond donors (Lipinski definition) is 0. The Morgan fingerprint density at radius 3 is 2.50 bits per heavy atom. The molecule has 0 amide bonds. The van der Waals surface area contributed by atoms with Crippen molar-refractivity contribution in [2.24, 2.45) is 5.41 Å². The van der Waals surface area contributed by atoms with Crippen LogP contribution in [0.3, 0.4) is 0 Å². The molecule has 2 atom stereocenters. The lowest BCUT2D eigenvalue weighted by Gasteiger charge is -2.28. The molecule has 0 saturated heterocycles. The summed E-state index contributed by atoms with van der Waals surface area (Å²) in [4.78, 5) is 23.4. The number of carbonyl (C=O) groups excluding carboxylic acids is 1. The van der Waals surface area contributed by atoms with Crippen LogP contribution in [0.1, 0.15) is 38.2 Å². The van der Waals surface area contributed by atoms with Gasteiger partial charge in [-0.05, 0) is 23.1 Å². The van der Waals surface area contributed by atoms with Crippen LogP contribution in [0.5, 0.6) is 0 Å². The summed E-state index contributed by atoms with van der Waals surface area (Å²) in [6.45, 7) is 3.93. The number of Topliss-reactive ketones (excluding diaryl/α,β-unsaturated/α-hetero) is 1. The molecule has 0 spiro atoms. The van der Waals surface area contributed by atoms with E-state index in [2.05, 4.69) is 0 Å². The van der Waals surface area contributed by atoms with Gasteiger partial charge in [-0.1, -0.05) is 37.6 Å². The van der Waals surface area contributed by atoms with Gasteiger partial charge < -0.3 is 4.74 Å². The van der Waals surface area contributed by atoms with Crippen molar-refractivity contribution >= 4 is 17.4 Å². The van der Waals surface area contributed by atoms with E-state index in [1.54, 1.807) is 24.3 Å². The number of nitro groups is 1. The first-order valence-electron chi connectivity index (χ1n) is 7.10. The van der Waals surface area contributed by atoms with E-state index in [-0.39, 0.29) is 11.2 Å². The second-order valence-electron chi connectivity index (χ2n) is 6.60. The number of ketones is 1. The normalized spacial score (nSPS) is 26.6. The van der Waals surface area contributed by atoms with Crippen molar-refractivity contribution in [3.8, 4) is 0 Å². The van der Waals surface area contributed by atoms with Crippen molar-refractivity contribution in [2.45, 2.75) is 38.8 Å². The quantitative estimate of drug-likeness (QED) is 0.615. The first-order chi connectivity index (χ1) is 10.3. The van der Waals surface area contributed by atoms with Gasteiger partial charge in [0.15, 0.2) is 5.78 Å². The molecular formula is C16H16ClNO4. The van der Waals surface area contributed by atoms with Crippen molar-refractivity contribution in [3.05, 3.63) is 56.3 Å². The van der Waals surface area contributed by atoms with Gasteiger partial charge in [-0.3, -0.25) is 14.9 Å². The third-order valence-corrected chi connectivity index (χ3v) is 4.43. The molecule has 2 aliphatic rings. The zero-order valence-corrected chi connectivity index (χ0v) is 13.1. The fraction of sp³-hybridized carbons (Fsp3) is 0.438. The summed E-state index contributed by atoms with van der Waals surface area (Å²) in [5.74, 6) is -0.246. The topological polar surface area (TPSA) is 69.4 Å². The highest BCUT2D eigenvalue weighted by Gasteiger charge is 2.51. The van der Waals surface area contributed by atoms with E-state index in [1.165, 1.54) is 0 Å². The van der Waals surface area contributed by atoms with Gasteiger partial charge in [-0.2, -0.15) is 0 Å². The summed E-state index contributed by atoms with van der Waals surface area (Å²) in [6.07, 6.45) is -0.323. The smallest absolute Gasteiger partial charge is 0.364 e. The number of allylic oxidation sites excluding steroid dienone is 1. The monoisotopic (exact) mass is 321 g/mol. The molecule has 1 aromatic rings. The maximum absolute atomic E-state index is 12.5. The van der Waals surface area contributed by atoms with Crippen LogP contribution in [0.25, 0.3) is 0 Å². The molecule has 1 aliphatic carbocycles. The molecule has 1 aliphatic heterocycles. The summed E-state index contributed by atoms with van der Waals surface area (Å²) < 4.78 is 5.56. The average molecular weight is 322 g/mol. The second-order valence-corrected chi connectivity index (χ2v) is 7.04. The van der Waals surface area contributed by atoms with Gasteiger partial charge in [0.2, 0.25) is 0 Å². The molecule has 116 valence electrons. The Balaban J connectivity index is 2.07. The number of hydrogen-bond acceptors (Lipinski definition) is 4. The maximum atomic E-state index is 12.5. The molecule has 1 aromatic carbocycles. The van der Waals surface area contributed by atoms with Crippen LogP contribution in [-0.4, -0.2) is 16.9 Å². The third kappa shape index (κ3) is 2.50. The lowest BCUT2D eigenvalue weighted by Crippen LogP contribution is -2.28. The zero-order valence-electron chi connectivity index (χ0n) is 12.3.